The molecule has 0 saturated carbocycles. The van der Waals surface area contributed by atoms with Gasteiger partial charge in [0.25, 0.3) is 5.56 Å². The van der Waals surface area contributed by atoms with Gasteiger partial charge in [-0.3, -0.25) is 19.0 Å². The van der Waals surface area contributed by atoms with Crippen molar-refractivity contribution in [1.29, 1.82) is 0 Å². The van der Waals surface area contributed by atoms with Gasteiger partial charge in [0.05, 0.1) is 22.8 Å². The molecule has 36 heavy (non-hydrogen) atoms. The Morgan fingerprint density at radius 1 is 1.14 bits per heavy atom. The summed E-state index contributed by atoms with van der Waals surface area (Å²) in [7, 11) is 0. The molecule has 0 aliphatic carbocycles. The molecule has 1 aromatic heterocycles. The van der Waals surface area contributed by atoms with Crippen molar-refractivity contribution in [2.45, 2.75) is 56.8 Å². The first-order chi connectivity index (χ1) is 17.5. The molecular weight excluding hydrogens is 476 g/mol. The third-order valence-electron chi connectivity index (χ3n) is 6.14. The summed E-state index contributed by atoms with van der Waals surface area (Å²) in [6.45, 7) is 3.69. The number of benzene rings is 2. The van der Waals surface area contributed by atoms with E-state index in [0.717, 1.165) is 31.6 Å². The van der Waals surface area contributed by atoms with E-state index < -0.39 is 0 Å². The molecule has 0 unspecified atom stereocenters. The number of thioether (sulfide) groups is 1. The van der Waals surface area contributed by atoms with Gasteiger partial charge in [-0.2, -0.15) is 0 Å². The van der Waals surface area contributed by atoms with Gasteiger partial charge in [-0.1, -0.05) is 43.0 Å². The van der Waals surface area contributed by atoms with Gasteiger partial charge in [-0.15, -0.1) is 0 Å². The minimum absolute atomic E-state index is 0.0602. The number of nitrogens with one attached hydrogen (secondary N) is 2. The predicted molar refractivity (Wildman–Crippen MR) is 142 cm³/mol. The van der Waals surface area contributed by atoms with E-state index in [2.05, 4.69) is 22.5 Å². The fourth-order valence-electron chi connectivity index (χ4n) is 4.13. The van der Waals surface area contributed by atoms with Crippen LogP contribution in [0.3, 0.4) is 0 Å². The minimum atomic E-state index is -0.174. The summed E-state index contributed by atoms with van der Waals surface area (Å²) in [5.41, 5.74) is 2.35. The van der Waals surface area contributed by atoms with E-state index in [0.29, 0.717) is 42.0 Å². The molecule has 8 nitrogen and oxygen atoms in total. The van der Waals surface area contributed by atoms with Crippen molar-refractivity contribution in [3.05, 3.63) is 64.4 Å². The van der Waals surface area contributed by atoms with Crippen LogP contribution in [0.15, 0.2) is 58.5 Å². The number of carbonyl (C=O) groups is 2. The van der Waals surface area contributed by atoms with Gasteiger partial charge in [0.1, 0.15) is 0 Å². The number of rotatable bonds is 11. The molecule has 190 valence electrons. The first-order valence-corrected chi connectivity index (χ1v) is 13.4. The molecule has 9 heteroatoms. The average molecular weight is 509 g/mol. The van der Waals surface area contributed by atoms with Gasteiger partial charge in [0.2, 0.25) is 11.8 Å². The Morgan fingerprint density at radius 2 is 1.94 bits per heavy atom. The Labute approximate surface area is 214 Å². The smallest absolute Gasteiger partial charge is 0.262 e. The molecule has 1 atom stereocenters. The van der Waals surface area contributed by atoms with Crippen molar-refractivity contribution < 1.29 is 14.3 Å². The first-order valence-electron chi connectivity index (χ1n) is 12.4. The molecule has 3 aromatic rings. The molecule has 0 spiro atoms. The monoisotopic (exact) mass is 508 g/mol. The zero-order valence-electron chi connectivity index (χ0n) is 20.5. The van der Waals surface area contributed by atoms with Gasteiger partial charge < -0.3 is 15.4 Å². The highest BCUT2D eigenvalue weighted by molar-refractivity contribution is 7.99. The molecule has 1 saturated heterocycles. The van der Waals surface area contributed by atoms with Crippen molar-refractivity contribution in [3.63, 3.8) is 0 Å². The van der Waals surface area contributed by atoms with Crippen LogP contribution in [0.2, 0.25) is 0 Å². The number of ether oxygens (including phenoxy) is 1. The fourth-order valence-corrected chi connectivity index (χ4v) is 4.95. The normalized spacial score (nSPS) is 15.2. The highest BCUT2D eigenvalue weighted by Gasteiger charge is 2.17. The zero-order valence-corrected chi connectivity index (χ0v) is 21.3. The van der Waals surface area contributed by atoms with Crippen LogP contribution in [0.4, 0.5) is 5.69 Å². The Morgan fingerprint density at radius 3 is 2.69 bits per heavy atom. The number of hydrogen-bond donors (Lipinski definition) is 2. The summed E-state index contributed by atoms with van der Waals surface area (Å²) in [4.78, 5) is 42.7. The maximum absolute atomic E-state index is 13.2. The van der Waals surface area contributed by atoms with E-state index in [9.17, 15) is 14.4 Å². The van der Waals surface area contributed by atoms with Crippen LogP contribution >= 0.6 is 11.8 Å². The highest BCUT2D eigenvalue weighted by Crippen LogP contribution is 2.19. The SMILES string of the molecule is CCc1ccc(NC(=O)CSc2nc3ccccc3c(=O)n2CCCC(=O)NC[C@H]2CCCO2)cc1. The van der Waals surface area contributed by atoms with Crippen molar-refractivity contribution in [2.75, 3.05) is 24.2 Å². The number of amides is 2. The number of aryl methyl sites for hydroxylation is 1. The van der Waals surface area contributed by atoms with Crippen molar-refractivity contribution in [2.24, 2.45) is 0 Å². The van der Waals surface area contributed by atoms with Gasteiger partial charge in [-0.25, -0.2) is 4.98 Å². The number of carbonyl (C=O) groups excluding carboxylic acids is 2. The van der Waals surface area contributed by atoms with Crippen LogP contribution in [0, 0.1) is 0 Å². The molecule has 1 fully saturated rings. The van der Waals surface area contributed by atoms with E-state index in [1.807, 2.05) is 30.3 Å². The zero-order chi connectivity index (χ0) is 25.3. The van der Waals surface area contributed by atoms with E-state index in [1.54, 1.807) is 22.8 Å². The summed E-state index contributed by atoms with van der Waals surface area (Å²) in [6, 6.07) is 14.9. The second-order valence-electron chi connectivity index (χ2n) is 8.80. The van der Waals surface area contributed by atoms with E-state index >= 15 is 0 Å². The molecule has 4 rings (SSSR count). The number of para-hydroxylation sites is 1. The van der Waals surface area contributed by atoms with Gasteiger partial charge in [-0.05, 0) is 55.5 Å². The van der Waals surface area contributed by atoms with E-state index in [-0.39, 0.29) is 29.2 Å². The highest BCUT2D eigenvalue weighted by atomic mass is 32.2. The van der Waals surface area contributed by atoms with Crippen LogP contribution in [-0.2, 0) is 27.3 Å². The Hall–Kier alpha value is -3.17. The number of nitrogens with zero attached hydrogens (tertiary/aromatic N) is 2. The number of fused-ring (bicyclic) bond motifs is 1. The first kappa shape index (κ1) is 25.9. The summed E-state index contributed by atoms with van der Waals surface area (Å²) >= 11 is 1.22. The Kier molecular flexibility index (Phi) is 9.13. The van der Waals surface area contributed by atoms with Crippen LogP contribution in [0.1, 0.15) is 38.2 Å². The Balaban J connectivity index is 1.39. The van der Waals surface area contributed by atoms with Crippen LogP contribution in [0.25, 0.3) is 10.9 Å². The van der Waals surface area contributed by atoms with Crippen LogP contribution in [-0.4, -0.2) is 46.4 Å². The summed E-state index contributed by atoms with van der Waals surface area (Å²) in [6.07, 6.45) is 3.82. The van der Waals surface area contributed by atoms with E-state index in [4.69, 9.17) is 4.74 Å². The average Bonchev–Trinajstić information content (AvgIpc) is 3.42. The second-order valence-corrected chi connectivity index (χ2v) is 9.74. The largest absolute Gasteiger partial charge is 0.376 e. The van der Waals surface area contributed by atoms with Gasteiger partial charge in [0.15, 0.2) is 5.16 Å². The lowest BCUT2D eigenvalue weighted by Crippen LogP contribution is -2.32. The third-order valence-corrected chi connectivity index (χ3v) is 7.12. The molecule has 2 aromatic carbocycles. The number of hydrogen-bond acceptors (Lipinski definition) is 6. The van der Waals surface area contributed by atoms with Crippen LogP contribution < -0.4 is 16.2 Å². The number of anilines is 1. The quantitative estimate of drug-likeness (QED) is 0.302. The molecule has 0 radical (unpaired) electrons. The molecular formula is C27H32N4O4S. The molecule has 2 heterocycles. The van der Waals surface area contributed by atoms with Crippen molar-refractivity contribution in [1.82, 2.24) is 14.9 Å². The second kappa shape index (κ2) is 12.7. The lowest BCUT2D eigenvalue weighted by atomic mass is 10.1. The van der Waals surface area contributed by atoms with Crippen LogP contribution in [0.5, 0.6) is 0 Å². The lowest BCUT2D eigenvalue weighted by molar-refractivity contribution is -0.121. The number of aromatic nitrogens is 2. The minimum Gasteiger partial charge on any atom is -0.376 e. The molecule has 1 aliphatic heterocycles. The topological polar surface area (TPSA) is 102 Å². The lowest BCUT2D eigenvalue weighted by Gasteiger charge is -2.14. The predicted octanol–water partition coefficient (Wildman–Crippen LogP) is 3.77. The third kappa shape index (κ3) is 6.95. The fraction of sp³-hybridized carbons (Fsp3) is 0.407. The van der Waals surface area contributed by atoms with Crippen molar-refractivity contribution in [3.8, 4) is 0 Å². The van der Waals surface area contributed by atoms with E-state index in [1.165, 1.54) is 17.3 Å². The maximum Gasteiger partial charge on any atom is 0.262 e. The van der Waals surface area contributed by atoms with Gasteiger partial charge in [0, 0.05) is 31.8 Å². The summed E-state index contributed by atoms with van der Waals surface area (Å²) < 4.78 is 7.11. The molecule has 1 aliphatic rings. The summed E-state index contributed by atoms with van der Waals surface area (Å²) in [5, 5.41) is 6.79. The maximum atomic E-state index is 13.2. The summed E-state index contributed by atoms with van der Waals surface area (Å²) in [5.74, 6) is -0.121. The Bertz CT molecular complexity index is 1250. The van der Waals surface area contributed by atoms with Gasteiger partial charge >= 0.3 is 0 Å². The molecule has 0 bridgehead atoms. The van der Waals surface area contributed by atoms with Crippen molar-refractivity contribution >= 4 is 40.2 Å². The standard InChI is InChI=1S/C27H32N4O4S/c1-2-19-11-13-20(14-12-19)29-25(33)18-36-27-30-23-9-4-3-8-22(23)26(34)31(27)15-5-10-24(32)28-17-21-7-6-16-35-21/h3-4,8-9,11-14,21H,2,5-7,10,15-18H2,1H3,(H,28,32)(H,29,33)/t21-/m1/s1. The molecule has 2 N–H and O–H groups in total. The molecule has 2 amide bonds.